The van der Waals surface area contributed by atoms with Crippen LogP contribution in [0.5, 0.6) is 11.5 Å². The number of amidine groups is 1. The molecule has 182 valence electrons. The number of aliphatic imine (C=N–C) groups is 1. The molecular weight excluding hydrogens is 450 g/mol. The minimum Gasteiger partial charge on any atom is -0.494 e. The van der Waals surface area contributed by atoms with Crippen LogP contribution in [-0.4, -0.2) is 47.4 Å². The van der Waals surface area contributed by atoms with Crippen LogP contribution in [0.1, 0.15) is 46.0 Å². The third-order valence-corrected chi connectivity index (χ3v) is 6.59. The van der Waals surface area contributed by atoms with Crippen LogP contribution in [0.3, 0.4) is 0 Å². The molecule has 8 heteroatoms. The van der Waals surface area contributed by atoms with Gasteiger partial charge < -0.3 is 14.8 Å². The second-order valence-corrected chi connectivity index (χ2v) is 9.11. The highest BCUT2D eigenvalue weighted by atomic mass is 32.2. The summed E-state index contributed by atoms with van der Waals surface area (Å²) in [6, 6.07) is 14.7. The number of rotatable bonds is 12. The summed E-state index contributed by atoms with van der Waals surface area (Å²) in [5.41, 5.74) is 1.32. The molecule has 3 rings (SSSR count). The first-order valence-corrected chi connectivity index (χ1v) is 12.7. The average molecular weight is 484 g/mol. The van der Waals surface area contributed by atoms with E-state index in [1.54, 1.807) is 12.0 Å². The molecule has 2 amide bonds. The van der Waals surface area contributed by atoms with Gasteiger partial charge in [0.05, 0.1) is 13.7 Å². The van der Waals surface area contributed by atoms with Crippen molar-refractivity contribution in [1.29, 1.82) is 0 Å². The molecular formula is C26H33N3O4S. The number of ether oxygens (including phenoxy) is 2. The molecule has 2 aromatic rings. The van der Waals surface area contributed by atoms with Gasteiger partial charge in [-0.1, -0.05) is 50.1 Å². The maximum absolute atomic E-state index is 12.9. The van der Waals surface area contributed by atoms with E-state index in [4.69, 9.17) is 9.47 Å². The molecule has 0 radical (unpaired) electrons. The summed E-state index contributed by atoms with van der Waals surface area (Å²) in [6.07, 6.45) is 4.70. The quantitative estimate of drug-likeness (QED) is 0.396. The van der Waals surface area contributed by atoms with Crippen molar-refractivity contribution in [2.75, 3.05) is 25.6 Å². The van der Waals surface area contributed by atoms with Crippen molar-refractivity contribution < 1.29 is 19.1 Å². The molecule has 0 aliphatic carbocycles. The van der Waals surface area contributed by atoms with Crippen LogP contribution in [0.2, 0.25) is 0 Å². The fourth-order valence-electron chi connectivity index (χ4n) is 3.58. The number of para-hydroxylation sites is 2. The second-order valence-electron chi connectivity index (χ2n) is 7.94. The van der Waals surface area contributed by atoms with Crippen LogP contribution in [0.15, 0.2) is 53.5 Å². The molecule has 1 atom stereocenters. The SMILES string of the molecule is CCCCCCOc1ccc(NC(=O)CC2SC(=Nc3ccccc3OC)N(CC)C2=O)cc1. The first kappa shape index (κ1) is 25.6. The molecule has 1 heterocycles. The zero-order valence-corrected chi connectivity index (χ0v) is 20.9. The molecule has 7 nitrogen and oxygen atoms in total. The Hall–Kier alpha value is -3.00. The summed E-state index contributed by atoms with van der Waals surface area (Å²) in [5, 5.41) is 2.94. The van der Waals surface area contributed by atoms with Gasteiger partial charge in [0.15, 0.2) is 5.17 Å². The molecule has 0 aromatic heterocycles. The second kappa shape index (κ2) is 13.0. The highest BCUT2D eigenvalue weighted by Crippen LogP contribution is 2.34. The van der Waals surface area contributed by atoms with Crippen molar-refractivity contribution in [3.63, 3.8) is 0 Å². The third kappa shape index (κ3) is 7.00. The molecule has 1 unspecified atom stereocenters. The van der Waals surface area contributed by atoms with E-state index in [2.05, 4.69) is 17.2 Å². The van der Waals surface area contributed by atoms with E-state index in [1.165, 1.54) is 31.0 Å². The molecule has 1 N–H and O–H groups in total. The average Bonchev–Trinajstić information content (AvgIpc) is 3.13. The van der Waals surface area contributed by atoms with Gasteiger partial charge in [-0.2, -0.15) is 0 Å². The maximum atomic E-state index is 12.9. The number of unbranched alkanes of at least 4 members (excludes halogenated alkanes) is 3. The van der Waals surface area contributed by atoms with Crippen LogP contribution in [0.4, 0.5) is 11.4 Å². The van der Waals surface area contributed by atoms with E-state index < -0.39 is 5.25 Å². The molecule has 1 fully saturated rings. The van der Waals surface area contributed by atoms with E-state index in [9.17, 15) is 9.59 Å². The minimum atomic E-state index is -0.515. The van der Waals surface area contributed by atoms with E-state index >= 15 is 0 Å². The number of carbonyl (C=O) groups is 2. The van der Waals surface area contributed by atoms with Crippen LogP contribution in [-0.2, 0) is 9.59 Å². The third-order valence-electron chi connectivity index (χ3n) is 5.41. The number of amides is 2. The Labute approximate surface area is 205 Å². The van der Waals surface area contributed by atoms with Crippen molar-refractivity contribution in [1.82, 2.24) is 4.90 Å². The Balaban J connectivity index is 1.56. The summed E-state index contributed by atoms with van der Waals surface area (Å²) >= 11 is 1.31. The number of hydrogen-bond acceptors (Lipinski definition) is 6. The highest BCUT2D eigenvalue weighted by molar-refractivity contribution is 8.15. The number of methoxy groups -OCH3 is 1. The predicted octanol–water partition coefficient (Wildman–Crippen LogP) is 5.63. The van der Waals surface area contributed by atoms with Gasteiger partial charge in [0.2, 0.25) is 11.8 Å². The summed E-state index contributed by atoms with van der Waals surface area (Å²) < 4.78 is 11.1. The molecule has 1 aliphatic rings. The Morgan fingerprint density at radius 2 is 1.85 bits per heavy atom. The Morgan fingerprint density at radius 3 is 2.56 bits per heavy atom. The minimum absolute atomic E-state index is 0.0701. The topological polar surface area (TPSA) is 80.2 Å². The van der Waals surface area contributed by atoms with Gasteiger partial charge in [0, 0.05) is 18.7 Å². The van der Waals surface area contributed by atoms with E-state index in [-0.39, 0.29) is 18.2 Å². The maximum Gasteiger partial charge on any atom is 0.242 e. The molecule has 0 spiro atoms. The van der Waals surface area contributed by atoms with Crippen LogP contribution in [0, 0.1) is 0 Å². The molecule has 2 aromatic carbocycles. The van der Waals surface area contributed by atoms with E-state index in [0.717, 1.165) is 12.2 Å². The van der Waals surface area contributed by atoms with Crippen LogP contribution in [0.25, 0.3) is 0 Å². The molecule has 1 saturated heterocycles. The number of anilines is 1. The lowest BCUT2D eigenvalue weighted by Gasteiger charge is -2.14. The molecule has 34 heavy (non-hydrogen) atoms. The monoisotopic (exact) mass is 483 g/mol. The lowest BCUT2D eigenvalue weighted by Crippen LogP contribution is -2.33. The number of hydrogen-bond donors (Lipinski definition) is 1. The Bertz CT molecular complexity index is 994. The van der Waals surface area contributed by atoms with Crippen molar-refractivity contribution in [3.05, 3.63) is 48.5 Å². The predicted molar refractivity (Wildman–Crippen MR) is 138 cm³/mol. The van der Waals surface area contributed by atoms with Gasteiger partial charge in [0.25, 0.3) is 0 Å². The molecule has 1 aliphatic heterocycles. The normalized spacial score (nSPS) is 16.7. The van der Waals surface area contributed by atoms with Crippen molar-refractivity contribution in [3.8, 4) is 11.5 Å². The fraction of sp³-hybridized carbons (Fsp3) is 0.423. The zero-order valence-electron chi connectivity index (χ0n) is 20.1. The number of nitrogens with one attached hydrogen (secondary N) is 1. The molecule has 0 saturated carbocycles. The van der Waals surface area contributed by atoms with Crippen molar-refractivity contribution in [2.45, 2.75) is 51.2 Å². The summed E-state index contributed by atoms with van der Waals surface area (Å²) in [5.74, 6) is 1.09. The summed E-state index contributed by atoms with van der Waals surface area (Å²) in [7, 11) is 1.59. The highest BCUT2D eigenvalue weighted by Gasteiger charge is 2.38. The standard InChI is InChI=1S/C26H33N3O4S/c1-4-6-7-10-17-33-20-15-13-19(14-16-20)27-24(30)18-23-25(31)29(5-2)26(34-23)28-21-11-8-9-12-22(21)32-3/h8-9,11-16,23H,4-7,10,17-18H2,1-3H3,(H,27,30). The molecule has 0 bridgehead atoms. The largest absolute Gasteiger partial charge is 0.494 e. The summed E-state index contributed by atoms with van der Waals surface area (Å²) in [6.45, 7) is 5.26. The number of benzene rings is 2. The lowest BCUT2D eigenvalue weighted by atomic mass is 10.2. The first-order chi connectivity index (χ1) is 16.5. The smallest absolute Gasteiger partial charge is 0.242 e. The van der Waals surface area contributed by atoms with Gasteiger partial charge in [-0.15, -0.1) is 0 Å². The van der Waals surface area contributed by atoms with E-state index in [1.807, 2.05) is 55.5 Å². The Kier molecular flexibility index (Phi) is 9.82. The Morgan fingerprint density at radius 1 is 1.09 bits per heavy atom. The summed E-state index contributed by atoms with van der Waals surface area (Å²) in [4.78, 5) is 31.8. The zero-order chi connectivity index (χ0) is 24.3. The van der Waals surface area contributed by atoms with Crippen molar-refractivity contribution in [2.24, 2.45) is 4.99 Å². The first-order valence-electron chi connectivity index (χ1n) is 11.8. The number of carbonyl (C=O) groups excluding carboxylic acids is 2. The van der Waals surface area contributed by atoms with Crippen LogP contribution < -0.4 is 14.8 Å². The lowest BCUT2D eigenvalue weighted by molar-refractivity contribution is -0.128. The van der Waals surface area contributed by atoms with Gasteiger partial charge in [-0.25, -0.2) is 4.99 Å². The van der Waals surface area contributed by atoms with Gasteiger partial charge in [-0.3, -0.25) is 14.5 Å². The van der Waals surface area contributed by atoms with Crippen LogP contribution >= 0.6 is 11.8 Å². The number of nitrogens with zero attached hydrogens (tertiary/aromatic N) is 2. The van der Waals surface area contributed by atoms with Gasteiger partial charge >= 0.3 is 0 Å². The van der Waals surface area contributed by atoms with E-state index in [0.29, 0.717) is 35.4 Å². The fourth-order valence-corrected chi connectivity index (χ4v) is 4.79. The van der Waals surface area contributed by atoms with Gasteiger partial charge in [-0.05, 0) is 49.7 Å². The number of thioether (sulfide) groups is 1. The van der Waals surface area contributed by atoms with Crippen molar-refractivity contribution >= 4 is 40.1 Å². The van der Waals surface area contributed by atoms with Gasteiger partial charge in [0.1, 0.15) is 22.4 Å².